The number of aromatic nitrogens is 1. The van der Waals surface area contributed by atoms with Crippen LogP contribution in [0.4, 0.5) is 5.82 Å². The number of hydrogen-bond donors (Lipinski definition) is 0. The molecule has 0 bridgehead atoms. The molecule has 0 N–H and O–H groups in total. The zero-order valence-electron chi connectivity index (χ0n) is 16.0. The van der Waals surface area contributed by atoms with Crippen molar-refractivity contribution in [1.29, 1.82) is 5.26 Å². The van der Waals surface area contributed by atoms with E-state index in [1.807, 2.05) is 24.8 Å². The fraction of sp³-hybridized carbons (Fsp3) is 0.650. The molecule has 0 unspecified atom stereocenters. The van der Waals surface area contributed by atoms with Gasteiger partial charge in [-0.15, -0.1) is 0 Å². The van der Waals surface area contributed by atoms with Gasteiger partial charge in [-0.2, -0.15) is 5.26 Å². The van der Waals surface area contributed by atoms with Gasteiger partial charge in [0.05, 0.1) is 17.9 Å². The molecule has 0 saturated carbocycles. The lowest BCUT2D eigenvalue weighted by Crippen LogP contribution is -2.52. The van der Waals surface area contributed by atoms with Gasteiger partial charge in [0, 0.05) is 39.7 Å². The summed E-state index contributed by atoms with van der Waals surface area (Å²) < 4.78 is 5.15. The van der Waals surface area contributed by atoms with Gasteiger partial charge < -0.3 is 14.5 Å². The largest absolute Gasteiger partial charge is 0.383 e. The van der Waals surface area contributed by atoms with E-state index in [1.54, 1.807) is 7.11 Å². The van der Waals surface area contributed by atoms with Crippen LogP contribution in [0.3, 0.4) is 0 Å². The van der Waals surface area contributed by atoms with Crippen LogP contribution in [0.25, 0.3) is 0 Å². The van der Waals surface area contributed by atoms with Gasteiger partial charge in [-0.1, -0.05) is 0 Å². The Morgan fingerprint density at radius 1 is 1.31 bits per heavy atom. The average Bonchev–Trinajstić information content (AvgIpc) is 2.63. The molecule has 0 aliphatic carbocycles. The molecule has 1 aromatic rings. The van der Waals surface area contributed by atoms with Gasteiger partial charge in [0.1, 0.15) is 11.9 Å². The number of rotatable bonds is 4. The van der Waals surface area contributed by atoms with E-state index in [4.69, 9.17) is 4.74 Å². The van der Waals surface area contributed by atoms with Crippen LogP contribution in [0.5, 0.6) is 0 Å². The van der Waals surface area contributed by atoms with Gasteiger partial charge in [0.25, 0.3) is 0 Å². The number of nitriles is 1. The summed E-state index contributed by atoms with van der Waals surface area (Å²) in [6.45, 7) is 7.91. The van der Waals surface area contributed by atoms with Crippen LogP contribution in [-0.4, -0.2) is 55.7 Å². The quantitative estimate of drug-likeness (QED) is 0.829. The van der Waals surface area contributed by atoms with Gasteiger partial charge in [0.15, 0.2) is 0 Å². The summed E-state index contributed by atoms with van der Waals surface area (Å²) >= 11 is 0. The Hall–Kier alpha value is -2.13. The lowest BCUT2D eigenvalue weighted by Gasteiger charge is -2.47. The van der Waals surface area contributed by atoms with Gasteiger partial charge in [0.2, 0.25) is 5.91 Å². The standard InChI is InChI=1S/C20H28N4O2/c1-15-12-18(22-16(2)17(15)13-21)23-8-6-20(7-9-23)5-4-19(25)24(14-20)10-11-26-3/h12H,4-11,14H2,1-3H3. The molecule has 2 saturated heterocycles. The lowest BCUT2D eigenvalue weighted by molar-refractivity contribution is -0.139. The highest BCUT2D eigenvalue weighted by Gasteiger charge is 2.41. The number of hydrogen-bond acceptors (Lipinski definition) is 5. The Bertz CT molecular complexity index is 694. The molecular weight excluding hydrogens is 328 g/mol. The maximum atomic E-state index is 12.2. The molecule has 0 atom stereocenters. The van der Waals surface area contributed by atoms with Crippen LogP contribution >= 0.6 is 0 Å². The molecule has 3 heterocycles. The Labute approximate surface area is 155 Å². The molecule has 6 heteroatoms. The lowest BCUT2D eigenvalue weighted by atomic mass is 9.72. The summed E-state index contributed by atoms with van der Waals surface area (Å²) in [5, 5.41) is 9.23. The third-order valence-corrected chi connectivity index (χ3v) is 5.96. The molecule has 1 aromatic heterocycles. The Kier molecular flexibility index (Phi) is 5.47. The van der Waals surface area contributed by atoms with Crippen molar-refractivity contribution in [2.24, 2.45) is 5.41 Å². The van der Waals surface area contributed by atoms with Crippen molar-refractivity contribution in [3.05, 3.63) is 22.9 Å². The van der Waals surface area contributed by atoms with Crippen molar-refractivity contribution in [3.63, 3.8) is 0 Å². The van der Waals surface area contributed by atoms with Crippen LogP contribution in [0.15, 0.2) is 6.07 Å². The van der Waals surface area contributed by atoms with Crippen molar-refractivity contribution >= 4 is 11.7 Å². The Morgan fingerprint density at radius 2 is 2.04 bits per heavy atom. The fourth-order valence-electron chi connectivity index (χ4n) is 4.27. The fourth-order valence-corrected chi connectivity index (χ4v) is 4.27. The van der Waals surface area contributed by atoms with Crippen molar-refractivity contribution in [1.82, 2.24) is 9.88 Å². The Morgan fingerprint density at radius 3 is 2.65 bits per heavy atom. The highest BCUT2D eigenvalue weighted by Crippen LogP contribution is 2.41. The van der Waals surface area contributed by atoms with Crippen LogP contribution in [-0.2, 0) is 9.53 Å². The molecule has 6 nitrogen and oxygen atoms in total. The molecule has 2 aliphatic heterocycles. The highest BCUT2D eigenvalue weighted by atomic mass is 16.5. The number of pyridine rings is 1. The van der Waals surface area contributed by atoms with E-state index in [9.17, 15) is 10.1 Å². The minimum Gasteiger partial charge on any atom is -0.383 e. The number of nitrogens with zero attached hydrogens (tertiary/aromatic N) is 4. The Balaban J connectivity index is 1.67. The number of methoxy groups -OCH3 is 1. The second-order valence-electron chi connectivity index (χ2n) is 7.66. The smallest absolute Gasteiger partial charge is 0.222 e. The molecule has 140 valence electrons. The monoisotopic (exact) mass is 356 g/mol. The molecule has 0 aromatic carbocycles. The number of carbonyl (C=O) groups excluding carboxylic acids is 1. The highest BCUT2D eigenvalue weighted by molar-refractivity contribution is 5.77. The van der Waals surface area contributed by atoms with Crippen LogP contribution in [0.2, 0.25) is 0 Å². The molecule has 1 amide bonds. The van der Waals surface area contributed by atoms with Gasteiger partial charge in [-0.25, -0.2) is 4.98 Å². The van der Waals surface area contributed by atoms with E-state index < -0.39 is 0 Å². The number of carbonyl (C=O) groups is 1. The number of ether oxygens (including phenoxy) is 1. The summed E-state index contributed by atoms with van der Waals surface area (Å²) in [6, 6.07) is 4.26. The third kappa shape index (κ3) is 3.68. The molecule has 2 aliphatic rings. The molecule has 3 rings (SSSR count). The van der Waals surface area contributed by atoms with E-state index >= 15 is 0 Å². The summed E-state index contributed by atoms with van der Waals surface area (Å²) in [4.78, 5) is 21.1. The number of anilines is 1. The van der Waals surface area contributed by atoms with E-state index in [2.05, 4.69) is 16.0 Å². The average molecular weight is 356 g/mol. The van der Waals surface area contributed by atoms with Crippen LogP contribution < -0.4 is 4.90 Å². The summed E-state index contributed by atoms with van der Waals surface area (Å²) in [5.74, 6) is 1.23. The predicted octanol–water partition coefficient (Wildman–Crippen LogP) is 2.43. The van der Waals surface area contributed by atoms with E-state index in [1.165, 1.54) is 0 Å². The third-order valence-electron chi connectivity index (χ3n) is 5.96. The summed E-state index contributed by atoms with van der Waals surface area (Å²) in [6.07, 6.45) is 3.78. The van der Waals surface area contributed by atoms with Gasteiger partial charge in [-0.05, 0) is 50.2 Å². The van der Waals surface area contributed by atoms with Crippen LogP contribution in [0.1, 0.15) is 42.5 Å². The summed E-state index contributed by atoms with van der Waals surface area (Å²) in [7, 11) is 1.68. The minimum atomic E-state index is 0.231. The summed E-state index contributed by atoms with van der Waals surface area (Å²) in [5.41, 5.74) is 2.71. The number of likely N-dealkylation sites (tertiary alicyclic amines) is 1. The topological polar surface area (TPSA) is 69.5 Å². The van der Waals surface area contributed by atoms with E-state index in [0.717, 1.165) is 56.0 Å². The first-order chi connectivity index (χ1) is 12.5. The van der Waals surface area contributed by atoms with E-state index in [0.29, 0.717) is 25.1 Å². The van der Waals surface area contributed by atoms with Crippen molar-refractivity contribution < 1.29 is 9.53 Å². The maximum absolute atomic E-state index is 12.2. The molecule has 0 radical (unpaired) electrons. The maximum Gasteiger partial charge on any atom is 0.222 e. The van der Waals surface area contributed by atoms with Gasteiger partial charge in [-0.3, -0.25) is 4.79 Å². The number of amides is 1. The number of aryl methyl sites for hydroxylation is 2. The first-order valence-electron chi connectivity index (χ1n) is 9.38. The second kappa shape index (κ2) is 7.63. The predicted molar refractivity (Wildman–Crippen MR) is 100.0 cm³/mol. The van der Waals surface area contributed by atoms with E-state index in [-0.39, 0.29) is 11.3 Å². The van der Waals surface area contributed by atoms with Crippen molar-refractivity contribution in [3.8, 4) is 6.07 Å². The first-order valence-corrected chi connectivity index (χ1v) is 9.38. The first kappa shape index (κ1) is 18.7. The second-order valence-corrected chi connectivity index (χ2v) is 7.66. The van der Waals surface area contributed by atoms with Crippen LogP contribution in [0, 0.1) is 30.6 Å². The SMILES string of the molecule is COCCN1CC2(CCC1=O)CCN(c1cc(C)c(C#N)c(C)n1)CC2. The van der Waals surface area contributed by atoms with Gasteiger partial charge >= 0.3 is 0 Å². The van der Waals surface area contributed by atoms with Crippen molar-refractivity contribution in [2.45, 2.75) is 39.5 Å². The van der Waals surface area contributed by atoms with Crippen molar-refractivity contribution in [2.75, 3.05) is 44.8 Å². The molecule has 26 heavy (non-hydrogen) atoms. The number of piperidine rings is 2. The molecule has 1 spiro atoms. The molecular formula is C20H28N4O2. The molecule has 2 fully saturated rings. The zero-order chi connectivity index (χ0) is 18.7. The zero-order valence-corrected chi connectivity index (χ0v) is 16.0. The normalized spacial score (nSPS) is 19.7. The minimum absolute atomic E-state index is 0.231.